The van der Waals surface area contributed by atoms with Crippen molar-refractivity contribution < 1.29 is 5.11 Å². The van der Waals surface area contributed by atoms with Crippen LogP contribution >= 0.6 is 0 Å². The van der Waals surface area contributed by atoms with Gasteiger partial charge in [-0.2, -0.15) is 4.68 Å². The summed E-state index contributed by atoms with van der Waals surface area (Å²) in [6.45, 7) is 2.24. The molecule has 0 bridgehead atoms. The van der Waals surface area contributed by atoms with E-state index in [0.717, 1.165) is 23.0 Å². The first-order valence-corrected chi connectivity index (χ1v) is 9.72. The quantitative estimate of drug-likeness (QED) is 0.378. The van der Waals surface area contributed by atoms with E-state index in [9.17, 15) is 5.11 Å². The molecule has 4 heteroatoms. The Morgan fingerprint density at radius 1 is 0.962 bits per heavy atom. The molecule has 0 saturated heterocycles. The van der Waals surface area contributed by atoms with Crippen LogP contribution in [0.1, 0.15) is 63.5 Å². The van der Waals surface area contributed by atoms with Gasteiger partial charge in [-0.3, -0.25) is 0 Å². The molecule has 0 spiro atoms. The van der Waals surface area contributed by atoms with E-state index in [4.69, 9.17) is 0 Å². The molecule has 3 aromatic rings. The van der Waals surface area contributed by atoms with Gasteiger partial charge in [-0.1, -0.05) is 62.1 Å². The van der Waals surface area contributed by atoms with Crippen molar-refractivity contribution in [2.45, 2.75) is 57.9 Å². The molecule has 0 saturated carbocycles. The fourth-order valence-electron chi connectivity index (χ4n) is 3.39. The normalized spacial score (nSPS) is 12.3. The van der Waals surface area contributed by atoms with Gasteiger partial charge >= 0.3 is 0 Å². The fourth-order valence-corrected chi connectivity index (χ4v) is 3.39. The summed E-state index contributed by atoms with van der Waals surface area (Å²) in [7, 11) is 0. The Balaban J connectivity index is 1.74. The number of fused-ring (bicyclic) bond motifs is 1. The number of aromatic hydroxyl groups is 1. The minimum atomic E-state index is -0.112. The third kappa shape index (κ3) is 4.37. The molecular formula is C22H28N3O+. The molecule has 4 nitrogen and oxygen atoms in total. The highest BCUT2D eigenvalue weighted by atomic mass is 16.3. The molecule has 1 heterocycles. The number of rotatable bonds is 10. The van der Waals surface area contributed by atoms with Crippen molar-refractivity contribution in [3.63, 3.8) is 0 Å². The lowest BCUT2D eigenvalue weighted by Gasteiger charge is -2.13. The number of phenolic OH excluding ortho intramolecular Hbond substituents is 1. The average Bonchev–Trinajstić information content (AvgIpc) is 3.09. The lowest BCUT2D eigenvalue weighted by Crippen LogP contribution is -2.13. The predicted octanol–water partition coefficient (Wildman–Crippen LogP) is 5.68. The second-order valence-electron chi connectivity index (χ2n) is 6.82. The number of nitrogens with zero attached hydrogens (tertiary/aromatic N) is 3. The Morgan fingerprint density at radius 2 is 1.69 bits per heavy atom. The van der Waals surface area contributed by atoms with Crippen LogP contribution in [0, 0.1) is 6.42 Å². The van der Waals surface area contributed by atoms with Gasteiger partial charge in [0.25, 0.3) is 0 Å². The lowest BCUT2D eigenvalue weighted by molar-refractivity contribution is 0.450. The van der Waals surface area contributed by atoms with Crippen molar-refractivity contribution in [3.05, 3.63) is 60.5 Å². The SMILES string of the molecule is CCCCCCCC[CH+]C(c1ccccc1O)n1nnc2ccccc21. The van der Waals surface area contributed by atoms with E-state index in [1.54, 1.807) is 6.07 Å². The summed E-state index contributed by atoms with van der Waals surface area (Å²) in [6, 6.07) is 15.4. The maximum Gasteiger partial charge on any atom is 0.220 e. The molecule has 0 aliphatic carbocycles. The fraction of sp³-hybridized carbons (Fsp3) is 0.409. The van der Waals surface area contributed by atoms with E-state index in [1.807, 2.05) is 47.1 Å². The topological polar surface area (TPSA) is 50.9 Å². The van der Waals surface area contributed by atoms with Gasteiger partial charge in [-0.05, 0) is 37.1 Å². The van der Waals surface area contributed by atoms with E-state index >= 15 is 0 Å². The van der Waals surface area contributed by atoms with Crippen LogP contribution in [-0.2, 0) is 0 Å². The van der Waals surface area contributed by atoms with E-state index in [2.05, 4.69) is 23.7 Å². The smallest absolute Gasteiger partial charge is 0.220 e. The number of benzene rings is 2. The van der Waals surface area contributed by atoms with Crippen molar-refractivity contribution in [2.75, 3.05) is 0 Å². The standard InChI is InChI=1S/C22H27N3O/c1-2-3-4-5-6-7-8-15-20(18-13-9-12-17-22(18)26)25-21-16-11-10-14-19(21)23-24-25/h9-17,20H,2-8H2,1H3/p+1. The highest BCUT2D eigenvalue weighted by Gasteiger charge is 2.27. The Morgan fingerprint density at radius 3 is 2.54 bits per heavy atom. The Bertz CT molecular complexity index is 812. The predicted molar refractivity (Wildman–Crippen MR) is 106 cm³/mol. The third-order valence-corrected chi connectivity index (χ3v) is 4.84. The summed E-state index contributed by atoms with van der Waals surface area (Å²) in [4.78, 5) is 0. The molecule has 1 atom stereocenters. The van der Waals surface area contributed by atoms with Crippen molar-refractivity contribution in [1.82, 2.24) is 15.0 Å². The van der Waals surface area contributed by atoms with Crippen LogP contribution in [0.15, 0.2) is 48.5 Å². The van der Waals surface area contributed by atoms with Gasteiger partial charge in [-0.15, -0.1) is 5.10 Å². The van der Waals surface area contributed by atoms with Crippen LogP contribution < -0.4 is 0 Å². The zero-order valence-electron chi connectivity index (χ0n) is 15.5. The second kappa shape index (κ2) is 9.27. The maximum absolute atomic E-state index is 10.4. The van der Waals surface area contributed by atoms with E-state index in [0.29, 0.717) is 5.75 Å². The van der Waals surface area contributed by atoms with Crippen molar-refractivity contribution in [3.8, 4) is 5.75 Å². The van der Waals surface area contributed by atoms with Crippen LogP contribution in [0.5, 0.6) is 5.75 Å². The first kappa shape index (κ1) is 18.3. The van der Waals surface area contributed by atoms with E-state index in [-0.39, 0.29) is 6.04 Å². The zero-order chi connectivity index (χ0) is 18.2. The maximum atomic E-state index is 10.4. The zero-order valence-corrected chi connectivity index (χ0v) is 15.5. The molecule has 1 aromatic heterocycles. The van der Waals surface area contributed by atoms with Gasteiger partial charge in [0, 0.05) is 0 Å². The van der Waals surface area contributed by atoms with Crippen molar-refractivity contribution >= 4 is 11.0 Å². The van der Waals surface area contributed by atoms with Gasteiger partial charge in [0.2, 0.25) is 6.04 Å². The molecule has 0 fully saturated rings. The van der Waals surface area contributed by atoms with Crippen LogP contribution in [0.4, 0.5) is 0 Å². The first-order chi connectivity index (χ1) is 12.8. The minimum absolute atomic E-state index is 0.112. The third-order valence-electron chi connectivity index (χ3n) is 4.84. The summed E-state index contributed by atoms with van der Waals surface area (Å²) < 4.78 is 1.92. The molecule has 0 aliphatic rings. The summed E-state index contributed by atoms with van der Waals surface area (Å²) in [5.41, 5.74) is 2.73. The number of unbranched alkanes of at least 4 members (excludes halogenated alkanes) is 6. The highest BCUT2D eigenvalue weighted by molar-refractivity contribution is 5.74. The molecule has 1 unspecified atom stereocenters. The monoisotopic (exact) mass is 350 g/mol. The van der Waals surface area contributed by atoms with Crippen LogP contribution in [0.2, 0.25) is 0 Å². The molecule has 136 valence electrons. The van der Waals surface area contributed by atoms with Gasteiger partial charge < -0.3 is 5.11 Å². The van der Waals surface area contributed by atoms with Crippen molar-refractivity contribution in [1.29, 1.82) is 0 Å². The van der Waals surface area contributed by atoms with Crippen LogP contribution in [0.3, 0.4) is 0 Å². The second-order valence-corrected chi connectivity index (χ2v) is 6.82. The van der Waals surface area contributed by atoms with E-state index in [1.165, 1.54) is 38.5 Å². The molecule has 0 radical (unpaired) electrons. The first-order valence-electron chi connectivity index (χ1n) is 9.72. The highest BCUT2D eigenvalue weighted by Crippen LogP contribution is 2.32. The summed E-state index contributed by atoms with van der Waals surface area (Å²) in [5, 5.41) is 19.0. The number of para-hydroxylation sites is 2. The van der Waals surface area contributed by atoms with Crippen LogP contribution in [-0.4, -0.2) is 20.1 Å². The number of hydrogen-bond acceptors (Lipinski definition) is 3. The van der Waals surface area contributed by atoms with Crippen molar-refractivity contribution in [2.24, 2.45) is 0 Å². The summed E-state index contributed by atoms with van der Waals surface area (Å²) in [5.74, 6) is 0.302. The summed E-state index contributed by atoms with van der Waals surface area (Å²) in [6.07, 6.45) is 10.9. The Kier molecular flexibility index (Phi) is 6.53. The lowest BCUT2D eigenvalue weighted by atomic mass is 9.98. The van der Waals surface area contributed by atoms with Crippen LogP contribution in [0.25, 0.3) is 11.0 Å². The largest absolute Gasteiger partial charge is 0.507 e. The Hall–Kier alpha value is -2.49. The van der Waals surface area contributed by atoms with Gasteiger partial charge in [-0.25, -0.2) is 0 Å². The minimum Gasteiger partial charge on any atom is -0.507 e. The van der Waals surface area contributed by atoms with Gasteiger partial charge in [0.05, 0.1) is 17.5 Å². The number of aromatic nitrogens is 3. The molecular weight excluding hydrogens is 322 g/mol. The molecule has 26 heavy (non-hydrogen) atoms. The average molecular weight is 350 g/mol. The molecule has 1 N–H and O–H groups in total. The molecule has 2 aromatic carbocycles. The van der Waals surface area contributed by atoms with Gasteiger partial charge in [0.1, 0.15) is 17.7 Å². The summed E-state index contributed by atoms with van der Waals surface area (Å²) >= 11 is 0. The molecule has 0 aliphatic heterocycles. The number of phenols is 1. The number of hydrogen-bond donors (Lipinski definition) is 1. The van der Waals surface area contributed by atoms with Gasteiger partial charge in [0.15, 0.2) is 0 Å². The van der Waals surface area contributed by atoms with E-state index < -0.39 is 0 Å². The Labute approximate surface area is 155 Å². The molecule has 3 rings (SSSR count). The molecule has 0 amide bonds.